The Morgan fingerprint density at radius 1 is 0.897 bits per heavy atom. The van der Waals surface area contributed by atoms with Crippen LogP contribution in [0.2, 0.25) is 10.0 Å². The third-order valence-corrected chi connectivity index (χ3v) is 7.43. The van der Waals surface area contributed by atoms with Gasteiger partial charge in [0.2, 0.25) is 0 Å². The molecule has 8 nitrogen and oxygen atoms in total. The topological polar surface area (TPSA) is 114 Å². The first-order valence-electron chi connectivity index (χ1n) is 11.4. The summed E-state index contributed by atoms with van der Waals surface area (Å²) in [5, 5.41) is 3.17. The minimum atomic E-state index is -4.03. The highest BCUT2D eigenvalue weighted by atomic mass is 35.5. The number of amides is 1. The van der Waals surface area contributed by atoms with E-state index in [4.69, 9.17) is 23.2 Å². The van der Waals surface area contributed by atoms with Crippen molar-refractivity contribution in [1.29, 1.82) is 0 Å². The highest BCUT2D eigenvalue weighted by Crippen LogP contribution is 2.30. The highest BCUT2D eigenvalue weighted by Gasteiger charge is 2.19. The molecule has 0 atom stereocenters. The molecule has 198 valence electrons. The van der Waals surface area contributed by atoms with Gasteiger partial charge in [0.05, 0.1) is 33.3 Å². The summed E-state index contributed by atoms with van der Waals surface area (Å²) in [5.74, 6) is -1.07. The minimum Gasteiger partial charge on any atom is -0.466 e. The number of nitrogens with zero attached hydrogens (tertiary/aromatic N) is 1. The highest BCUT2D eigenvalue weighted by molar-refractivity contribution is 7.92. The van der Waals surface area contributed by atoms with Gasteiger partial charge in [-0.15, -0.1) is 0 Å². The minimum absolute atomic E-state index is 0.0518. The quantitative estimate of drug-likeness (QED) is 0.186. The molecule has 3 aromatic carbocycles. The number of carbonyl (C=O) groups is 2. The molecule has 0 aliphatic carbocycles. The van der Waals surface area contributed by atoms with Crippen molar-refractivity contribution < 1.29 is 22.7 Å². The maximum Gasteiger partial charge on any atom is 0.330 e. The number of halogens is 2. The van der Waals surface area contributed by atoms with Crippen molar-refractivity contribution >= 4 is 62.6 Å². The van der Waals surface area contributed by atoms with Crippen molar-refractivity contribution in [2.75, 3.05) is 17.1 Å². The van der Waals surface area contributed by atoms with Gasteiger partial charge in [0.1, 0.15) is 0 Å². The van der Waals surface area contributed by atoms with Crippen LogP contribution < -0.4 is 10.0 Å². The summed E-state index contributed by atoms with van der Waals surface area (Å²) in [6.45, 7) is 0. The van der Waals surface area contributed by atoms with Gasteiger partial charge in [0.25, 0.3) is 15.9 Å². The molecule has 0 aliphatic rings. The van der Waals surface area contributed by atoms with Crippen LogP contribution in [0.1, 0.15) is 15.9 Å². The Morgan fingerprint density at radius 3 is 2.44 bits per heavy atom. The van der Waals surface area contributed by atoms with Crippen LogP contribution in [0.4, 0.5) is 11.4 Å². The summed E-state index contributed by atoms with van der Waals surface area (Å²) in [7, 11) is -2.78. The van der Waals surface area contributed by atoms with E-state index in [0.717, 1.165) is 0 Å². The summed E-state index contributed by atoms with van der Waals surface area (Å²) in [4.78, 5) is 28.4. The van der Waals surface area contributed by atoms with Gasteiger partial charge in [0, 0.05) is 29.2 Å². The first-order valence-corrected chi connectivity index (χ1v) is 13.6. The third-order valence-electron chi connectivity index (χ3n) is 5.41. The number of hydrogen-bond acceptors (Lipinski definition) is 6. The van der Waals surface area contributed by atoms with Crippen molar-refractivity contribution in [3.8, 4) is 11.3 Å². The number of aromatic nitrogens is 1. The molecule has 0 spiro atoms. The molecule has 0 aliphatic heterocycles. The van der Waals surface area contributed by atoms with E-state index in [1.165, 1.54) is 37.5 Å². The second-order valence-corrected chi connectivity index (χ2v) is 10.6. The zero-order chi connectivity index (χ0) is 28.0. The standard InChI is InChI=1S/C28H21Cl2N3O5S/c1-38-27(34)13-8-18-5-4-6-20(15-18)33-39(36,37)21-10-11-22(25(30)17-21)28(35)32-19-9-12-24(29)23(16-19)26-7-2-3-14-31-26/h2-17,33H,1H3,(H,32,35)/b13-8+. The lowest BCUT2D eigenvalue weighted by Crippen LogP contribution is -2.15. The molecule has 1 aromatic heterocycles. The molecule has 4 rings (SSSR count). The van der Waals surface area contributed by atoms with Crippen LogP contribution in [-0.2, 0) is 19.6 Å². The summed E-state index contributed by atoms with van der Waals surface area (Å²) in [5.41, 5.74) is 2.67. The van der Waals surface area contributed by atoms with Crippen LogP contribution >= 0.6 is 23.2 Å². The number of anilines is 2. The zero-order valence-corrected chi connectivity index (χ0v) is 22.7. The van der Waals surface area contributed by atoms with Crippen molar-refractivity contribution in [2.24, 2.45) is 0 Å². The number of rotatable bonds is 8. The predicted molar refractivity (Wildman–Crippen MR) is 152 cm³/mol. The van der Waals surface area contributed by atoms with E-state index in [-0.39, 0.29) is 21.2 Å². The van der Waals surface area contributed by atoms with Gasteiger partial charge in [-0.3, -0.25) is 14.5 Å². The molecule has 1 heterocycles. The average Bonchev–Trinajstić information content (AvgIpc) is 2.93. The van der Waals surface area contributed by atoms with Crippen LogP contribution in [0.3, 0.4) is 0 Å². The molecular weight excluding hydrogens is 561 g/mol. The molecule has 0 saturated heterocycles. The Hall–Kier alpha value is -4.18. The number of nitrogens with one attached hydrogen (secondary N) is 2. The molecule has 2 N–H and O–H groups in total. The Balaban J connectivity index is 1.51. The van der Waals surface area contributed by atoms with Crippen LogP contribution in [0.15, 0.2) is 96.0 Å². The number of methoxy groups -OCH3 is 1. The summed E-state index contributed by atoms with van der Waals surface area (Å²) >= 11 is 12.6. The number of pyridine rings is 1. The van der Waals surface area contributed by atoms with Crippen LogP contribution in [0, 0.1) is 0 Å². The van der Waals surface area contributed by atoms with Gasteiger partial charge in [-0.2, -0.15) is 0 Å². The van der Waals surface area contributed by atoms with E-state index in [1.807, 2.05) is 6.07 Å². The van der Waals surface area contributed by atoms with Crippen molar-refractivity contribution in [3.05, 3.63) is 112 Å². The van der Waals surface area contributed by atoms with E-state index in [0.29, 0.717) is 27.5 Å². The van der Waals surface area contributed by atoms with Crippen molar-refractivity contribution in [2.45, 2.75) is 4.90 Å². The van der Waals surface area contributed by atoms with Gasteiger partial charge in [-0.1, -0.05) is 41.4 Å². The van der Waals surface area contributed by atoms with E-state index in [1.54, 1.807) is 60.8 Å². The lowest BCUT2D eigenvalue weighted by molar-refractivity contribution is -0.134. The fraction of sp³-hybridized carbons (Fsp3) is 0.0357. The summed E-state index contributed by atoms with van der Waals surface area (Å²) in [6.07, 6.45) is 4.36. The molecule has 0 radical (unpaired) electrons. The normalized spacial score (nSPS) is 11.3. The smallest absolute Gasteiger partial charge is 0.330 e. The van der Waals surface area contributed by atoms with Gasteiger partial charge in [-0.25, -0.2) is 13.2 Å². The number of benzene rings is 3. The van der Waals surface area contributed by atoms with Gasteiger partial charge in [-0.05, 0) is 72.3 Å². The first kappa shape index (κ1) is 27.8. The maximum absolute atomic E-state index is 13.0. The molecule has 0 saturated carbocycles. The van der Waals surface area contributed by atoms with Gasteiger partial charge >= 0.3 is 5.97 Å². The number of esters is 1. The van der Waals surface area contributed by atoms with Crippen molar-refractivity contribution in [3.63, 3.8) is 0 Å². The Bertz CT molecular complexity index is 1680. The summed E-state index contributed by atoms with van der Waals surface area (Å²) < 4.78 is 33.0. The monoisotopic (exact) mass is 581 g/mol. The number of ether oxygens (including phenoxy) is 1. The van der Waals surface area contributed by atoms with E-state index < -0.39 is 21.9 Å². The average molecular weight is 582 g/mol. The fourth-order valence-electron chi connectivity index (χ4n) is 3.52. The Morgan fingerprint density at radius 2 is 1.72 bits per heavy atom. The lowest BCUT2D eigenvalue weighted by Gasteiger charge is -2.12. The predicted octanol–water partition coefficient (Wildman–Crippen LogP) is 6.29. The molecule has 39 heavy (non-hydrogen) atoms. The Labute approximate surface area is 235 Å². The largest absolute Gasteiger partial charge is 0.466 e. The molecule has 4 aromatic rings. The van der Waals surface area contributed by atoms with Gasteiger partial charge in [0.15, 0.2) is 0 Å². The molecule has 0 unspecified atom stereocenters. The van der Waals surface area contributed by atoms with Crippen LogP contribution in [-0.4, -0.2) is 32.4 Å². The molecule has 11 heteroatoms. The van der Waals surface area contributed by atoms with Crippen LogP contribution in [0.25, 0.3) is 17.3 Å². The fourth-order valence-corrected chi connectivity index (χ4v) is 5.14. The number of hydrogen-bond donors (Lipinski definition) is 2. The zero-order valence-electron chi connectivity index (χ0n) is 20.4. The number of carbonyl (C=O) groups excluding carboxylic acids is 2. The summed E-state index contributed by atoms with van der Waals surface area (Å²) in [6, 6.07) is 20.6. The SMILES string of the molecule is COC(=O)/C=C/c1cccc(NS(=O)(=O)c2ccc(C(=O)Nc3ccc(Cl)c(-c4ccccn4)c3)c(Cl)c2)c1. The molecule has 1 amide bonds. The van der Waals surface area contributed by atoms with Gasteiger partial charge < -0.3 is 10.1 Å². The molecule has 0 bridgehead atoms. The first-order chi connectivity index (χ1) is 18.7. The molecular formula is C28H21Cl2N3O5S. The lowest BCUT2D eigenvalue weighted by atomic mass is 10.1. The van der Waals surface area contributed by atoms with Crippen molar-refractivity contribution in [1.82, 2.24) is 4.98 Å². The second kappa shape index (κ2) is 12.1. The third kappa shape index (κ3) is 7.02. The maximum atomic E-state index is 13.0. The number of sulfonamides is 1. The molecule has 0 fully saturated rings. The van der Waals surface area contributed by atoms with E-state index >= 15 is 0 Å². The van der Waals surface area contributed by atoms with E-state index in [9.17, 15) is 18.0 Å². The van der Waals surface area contributed by atoms with Crippen LogP contribution in [0.5, 0.6) is 0 Å². The van der Waals surface area contributed by atoms with E-state index in [2.05, 4.69) is 19.8 Å². The second-order valence-electron chi connectivity index (χ2n) is 8.09. The Kier molecular flexibility index (Phi) is 8.65.